The summed E-state index contributed by atoms with van der Waals surface area (Å²) in [6.45, 7) is 5.09. The van der Waals surface area contributed by atoms with Crippen LogP contribution in [0.1, 0.15) is 76.8 Å². The van der Waals surface area contributed by atoms with Gasteiger partial charge in [0, 0.05) is 17.8 Å². The fraction of sp³-hybridized carbons (Fsp3) is 0.773. The number of nitrogens with one attached hydrogen (secondary N) is 1. The maximum absolute atomic E-state index is 10.1. The van der Waals surface area contributed by atoms with Crippen molar-refractivity contribution in [1.29, 1.82) is 0 Å². The zero-order valence-electron chi connectivity index (χ0n) is 15.7. The van der Waals surface area contributed by atoms with Gasteiger partial charge < -0.3 is 5.11 Å². The number of nitrogens with zero attached hydrogens (tertiary/aromatic N) is 1. The van der Waals surface area contributed by atoms with Crippen LogP contribution in [-0.2, 0) is 0 Å². The van der Waals surface area contributed by atoms with E-state index in [1.807, 2.05) is 6.20 Å². The first-order chi connectivity index (χ1) is 12.0. The number of fused-ring (bicyclic) bond motifs is 5. The fourth-order valence-corrected chi connectivity index (χ4v) is 7.61. The summed E-state index contributed by atoms with van der Waals surface area (Å²) in [5.74, 6) is 3.18. The number of aliphatic hydroxyl groups excluding tert-OH is 1. The Kier molecular flexibility index (Phi) is 3.51. The Morgan fingerprint density at radius 2 is 2.00 bits per heavy atom. The Hall–Kier alpha value is -1.09. The van der Waals surface area contributed by atoms with Gasteiger partial charge in [-0.15, -0.1) is 0 Å². The number of hydrogen-bond donors (Lipinski definition) is 2. The van der Waals surface area contributed by atoms with Crippen molar-refractivity contribution in [3.8, 4) is 0 Å². The van der Waals surface area contributed by atoms with Gasteiger partial charge >= 0.3 is 0 Å². The van der Waals surface area contributed by atoms with E-state index in [9.17, 15) is 5.11 Å². The third kappa shape index (κ3) is 2.17. The van der Waals surface area contributed by atoms with Crippen LogP contribution in [0, 0.1) is 28.6 Å². The highest BCUT2D eigenvalue weighted by Crippen LogP contribution is 2.67. The molecular formula is C22H32N2O. The van der Waals surface area contributed by atoms with Crippen molar-refractivity contribution >= 4 is 0 Å². The van der Waals surface area contributed by atoms with Crippen LogP contribution in [0.25, 0.3) is 0 Å². The van der Waals surface area contributed by atoms with Crippen molar-refractivity contribution in [2.45, 2.75) is 77.2 Å². The molecule has 1 aromatic heterocycles. The summed E-state index contributed by atoms with van der Waals surface area (Å²) in [7, 11) is 0. The highest BCUT2D eigenvalue weighted by atomic mass is 16.3. The van der Waals surface area contributed by atoms with Crippen LogP contribution in [0.15, 0.2) is 23.9 Å². The van der Waals surface area contributed by atoms with Crippen molar-refractivity contribution in [2.75, 3.05) is 0 Å². The minimum atomic E-state index is -0.0963. The van der Waals surface area contributed by atoms with E-state index in [1.54, 1.807) is 5.57 Å². The van der Waals surface area contributed by atoms with Gasteiger partial charge in [-0.1, -0.05) is 25.5 Å². The van der Waals surface area contributed by atoms with E-state index in [0.717, 1.165) is 30.6 Å². The molecule has 3 fully saturated rings. The van der Waals surface area contributed by atoms with Gasteiger partial charge in [0.25, 0.3) is 0 Å². The van der Waals surface area contributed by atoms with Crippen LogP contribution < -0.4 is 0 Å². The molecule has 0 aromatic carbocycles. The molecule has 3 heteroatoms. The van der Waals surface area contributed by atoms with Gasteiger partial charge in [-0.25, -0.2) is 0 Å². The van der Waals surface area contributed by atoms with Gasteiger partial charge in [-0.05, 0) is 86.0 Å². The number of H-pyrrole nitrogens is 1. The number of allylic oxidation sites excluding steroid dienone is 1. The second-order valence-electron chi connectivity index (χ2n) is 9.84. The van der Waals surface area contributed by atoms with E-state index in [4.69, 9.17) is 0 Å². The molecule has 2 N–H and O–H groups in total. The van der Waals surface area contributed by atoms with Gasteiger partial charge in [0.05, 0.1) is 6.10 Å². The maximum Gasteiger partial charge on any atom is 0.0577 e. The number of hydrogen-bond acceptors (Lipinski definition) is 2. The van der Waals surface area contributed by atoms with E-state index in [0.29, 0.717) is 16.7 Å². The average molecular weight is 341 g/mol. The van der Waals surface area contributed by atoms with E-state index in [-0.39, 0.29) is 6.10 Å². The summed E-state index contributed by atoms with van der Waals surface area (Å²) >= 11 is 0. The monoisotopic (exact) mass is 340 g/mol. The molecule has 136 valence electrons. The van der Waals surface area contributed by atoms with Crippen LogP contribution >= 0.6 is 0 Å². The van der Waals surface area contributed by atoms with Crippen LogP contribution in [-0.4, -0.2) is 21.4 Å². The molecule has 1 aromatic rings. The molecule has 3 saturated carbocycles. The minimum absolute atomic E-state index is 0.0963. The highest BCUT2D eigenvalue weighted by molar-refractivity contribution is 5.26. The Balaban J connectivity index is 1.47. The van der Waals surface area contributed by atoms with E-state index in [2.05, 4.69) is 36.2 Å². The fourth-order valence-electron chi connectivity index (χ4n) is 7.61. The molecule has 1 heterocycles. The van der Waals surface area contributed by atoms with Gasteiger partial charge in [0.2, 0.25) is 0 Å². The molecule has 4 aliphatic carbocycles. The Morgan fingerprint density at radius 3 is 2.80 bits per heavy atom. The SMILES string of the molecule is C[C@]12CC[C@H]3[C@@H](CC=C4C[C@H](O)CC[C@@]43C)[C@@H]1CC[C@@H]2c1ccn[nH]1. The molecule has 7 atom stereocenters. The number of aromatic amines is 1. The third-order valence-corrected chi connectivity index (χ3v) is 8.98. The molecule has 0 saturated heterocycles. The smallest absolute Gasteiger partial charge is 0.0577 e. The Labute approximate surface area is 151 Å². The number of aromatic nitrogens is 2. The minimum Gasteiger partial charge on any atom is -0.393 e. The first-order valence-electron chi connectivity index (χ1n) is 10.4. The van der Waals surface area contributed by atoms with Crippen molar-refractivity contribution in [3.63, 3.8) is 0 Å². The van der Waals surface area contributed by atoms with Crippen LogP contribution in [0.3, 0.4) is 0 Å². The lowest BCUT2D eigenvalue weighted by molar-refractivity contribution is -0.0412. The summed E-state index contributed by atoms with van der Waals surface area (Å²) in [6.07, 6.45) is 14.1. The molecule has 0 bridgehead atoms. The normalized spacial score (nSPS) is 49.1. The maximum atomic E-state index is 10.1. The average Bonchev–Trinajstić information content (AvgIpc) is 3.22. The van der Waals surface area contributed by atoms with Gasteiger partial charge in [-0.3, -0.25) is 5.10 Å². The van der Waals surface area contributed by atoms with Crippen molar-refractivity contribution < 1.29 is 5.11 Å². The van der Waals surface area contributed by atoms with Crippen molar-refractivity contribution in [3.05, 3.63) is 29.6 Å². The summed E-state index contributed by atoms with van der Waals surface area (Å²) in [5.41, 5.74) is 3.74. The molecule has 5 rings (SSSR count). The van der Waals surface area contributed by atoms with Gasteiger partial charge in [-0.2, -0.15) is 5.10 Å². The van der Waals surface area contributed by atoms with E-state index in [1.165, 1.54) is 44.2 Å². The lowest BCUT2D eigenvalue weighted by atomic mass is 9.47. The van der Waals surface area contributed by atoms with Gasteiger partial charge in [0.15, 0.2) is 0 Å². The number of aliphatic hydroxyl groups is 1. The summed E-state index contributed by atoms with van der Waals surface area (Å²) < 4.78 is 0. The summed E-state index contributed by atoms with van der Waals surface area (Å²) in [5, 5.41) is 17.6. The quantitative estimate of drug-likeness (QED) is 0.720. The van der Waals surface area contributed by atoms with Crippen molar-refractivity contribution in [1.82, 2.24) is 10.2 Å². The predicted molar refractivity (Wildman–Crippen MR) is 99.0 cm³/mol. The standard InChI is InChI=1S/C22H32N2O/c1-21-10-7-15(25)13-14(21)3-4-16-17-5-6-19(20-9-12-23-24-20)22(17,2)11-8-18(16)21/h3,9,12,15-19,25H,4-8,10-11,13H2,1-2H3,(H,23,24)/t15-,16+,17+,18+,19-,21+,22+/m1/s1. The van der Waals surface area contributed by atoms with Crippen LogP contribution in [0.2, 0.25) is 0 Å². The zero-order valence-corrected chi connectivity index (χ0v) is 15.7. The summed E-state index contributed by atoms with van der Waals surface area (Å²) in [4.78, 5) is 0. The Bertz CT molecular complexity index is 680. The summed E-state index contributed by atoms with van der Waals surface area (Å²) in [6, 6.07) is 2.20. The molecule has 0 aliphatic heterocycles. The zero-order chi connectivity index (χ0) is 17.2. The molecule has 0 spiro atoms. The third-order valence-electron chi connectivity index (χ3n) is 8.98. The highest BCUT2D eigenvalue weighted by Gasteiger charge is 2.58. The first kappa shape index (κ1) is 16.1. The molecule has 0 amide bonds. The Morgan fingerprint density at radius 1 is 1.12 bits per heavy atom. The van der Waals surface area contributed by atoms with Gasteiger partial charge in [0.1, 0.15) is 0 Å². The van der Waals surface area contributed by atoms with Crippen LogP contribution in [0.5, 0.6) is 0 Å². The second kappa shape index (κ2) is 5.45. The molecular weight excluding hydrogens is 308 g/mol. The van der Waals surface area contributed by atoms with Crippen LogP contribution in [0.4, 0.5) is 0 Å². The van der Waals surface area contributed by atoms with Crippen molar-refractivity contribution in [2.24, 2.45) is 28.6 Å². The first-order valence-corrected chi connectivity index (χ1v) is 10.4. The molecule has 25 heavy (non-hydrogen) atoms. The lowest BCUT2D eigenvalue weighted by Crippen LogP contribution is -2.50. The van der Waals surface area contributed by atoms with E-state index < -0.39 is 0 Å². The van der Waals surface area contributed by atoms with E-state index >= 15 is 0 Å². The molecule has 3 nitrogen and oxygen atoms in total. The second-order valence-corrected chi connectivity index (χ2v) is 9.84. The number of rotatable bonds is 1. The molecule has 0 unspecified atom stereocenters. The molecule has 4 aliphatic rings. The lowest BCUT2D eigenvalue weighted by Gasteiger charge is -2.58. The predicted octanol–water partition coefficient (Wildman–Crippen LogP) is 4.82. The molecule has 0 radical (unpaired) electrons. The topological polar surface area (TPSA) is 48.9 Å². The largest absolute Gasteiger partial charge is 0.393 e.